The van der Waals surface area contributed by atoms with Gasteiger partial charge in [-0.05, 0) is 143 Å². The fourth-order valence-electron chi connectivity index (χ4n) is 9.97. The minimum absolute atomic E-state index is 0.0647. The van der Waals surface area contributed by atoms with Crippen LogP contribution in [0.25, 0.3) is 0 Å². The quantitative estimate of drug-likeness (QED) is 0.225. The van der Waals surface area contributed by atoms with Crippen LogP contribution in [0.2, 0.25) is 39.3 Å². The van der Waals surface area contributed by atoms with E-state index in [1.807, 2.05) is 0 Å². The molecular formula is C31H58O4Si2. The Morgan fingerprint density at radius 1 is 0.892 bits per heavy atom. The van der Waals surface area contributed by atoms with Gasteiger partial charge in [0.05, 0.1) is 13.2 Å². The summed E-state index contributed by atoms with van der Waals surface area (Å²) in [5, 5.41) is 0. The van der Waals surface area contributed by atoms with Crippen molar-refractivity contribution in [2.24, 2.45) is 46.3 Å². The highest BCUT2D eigenvalue weighted by Crippen LogP contribution is 2.69. The Hall–Kier alpha value is -0.176. The van der Waals surface area contributed by atoms with Crippen LogP contribution >= 0.6 is 0 Å². The fourth-order valence-corrected chi connectivity index (χ4v) is 12.4. The van der Waals surface area contributed by atoms with Crippen molar-refractivity contribution < 1.29 is 18.4 Å². The summed E-state index contributed by atoms with van der Waals surface area (Å²) in [6.07, 6.45) is 12.8. The second-order valence-electron chi connectivity index (χ2n) is 15.9. The highest BCUT2D eigenvalue weighted by Gasteiger charge is 2.64. The van der Waals surface area contributed by atoms with Crippen molar-refractivity contribution in [2.45, 2.75) is 136 Å². The first-order chi connectivity index (χ1) is 17.1. The number of hydrogen-bond acceptors (Lipinski definition) is 4. The predicted molar refractivity (Wildman–Crippen MR) is 157 cm³/mol. The molecule has 0 bridgehead atoms. The van der Waals surface area contributed by atoms with E-state index in [-0.39, 0.29) is 11.4 Å². The van der Waals surface area contributed by atoms with Crippen LogP contribution < -0.4 is 0 Å². The molecule has 4 saturated carbocycles. The van der Waals surface area contributed by atoms with Gasteiger partial charge < -0.3 is 13.6 Å². The molecule has 0 heterocycles. The molecule has 0 aromatic rings. The average Bonchev–Trinajstić information content (AvgIpc) is 3.14. The van der Waals surface area contributed by atoms with Crippen LogP contribution in [0.3, 0.4) is 0 Å². The molecule has 0 aromatic heterocycles. The topological polar surface area (TPSA) is 44.8 Å². The van der Waals surface area contributed by atoms with E-state index in [4.69, 9.17) is 13.6 Å². The summed E-state index contributed by atoms with van der Waals surface area (Å²) in [7, 11) is -1.70. The van der Waals surface area contributed by atoms with Crippen molar-refractivity contribution >= 4 is 22.6 Å². The van der Waals surface area contributed by atoms with E-state index < -0.39 is 16.6 Å². The van der Waals surface area contributed by atoms with E-state index in [9.17, 15) is 4.79 Å². The molecule has 0 spiro atoms. The number of hydrogen-bond donors (Lipinski definition) is 0. The first-order valence-electron chi connectivity index (χ1n) is 15.5. The maximum absolute atomic E-state index is 12.0. The van der Waals surface area contributed by atoms with E-state index in [2.05, 4.69) is 60.1 Å². The zero-order chi connectivity index (χ0) is 27.4. The Morgan fingerprint density at radius 3 is 2.19 bits per heavy atom. The van der Waals surface area contributed by atoms with Crippen LogP contribution in [0.15, 0.2) is 0 Å². The molecule has 0 amide bonds. The Labute approximate surface area is 230 Å². The largest absolute Gasteiger partial charge is 0.469 e. The molecule has 6 heteroatoms. The van der Waals surface area contributed by atoms with Gasteiger partial charge in [0.25, 0.3) is 0 Å². The Morgan fingerprint density at radius 2 is 1.57 bits per heavy atom. The summed E-state index contributed by atoms with van der Waals surface area (Å²) >= 11 is 0. The van der Waals surface area contributed by atoms with Gasteiger partial charge in [0.1, 0.15) is 0 Å². The molecule has 0 aliphatic heterocycles. The summed E-state index contributed by atoms with van der Waals surface area (Å²) in [6, 6.07) is 0. The second-order valence-corrected chi connectivity index (χ2v) is 24.8. The summed E-state index contributed by atoms with van der Waals surface area (Å²) < 4.78 is 18.9. The zero-order valence-corrected chi connectivity index (χ0v) is 27.8. The van der Waals surface area contributed by atoms with Crippen molar-refractivity contribution in [2.75, 3.05) is 7.11 Å². The highest BCUT2D eigenvalue weighted by molar-refractivity contribution is 6.70. The Balaban J connectivity index is 1.59. The van der Waals surface area contributed by atoms with E-state index in [1.165, 1.54) is 58.5 Å². The average molecular weight is 551 g/mol. The molecule has 4 nitrogen and oxygen atoms in total. The summed E-state index contributed by atoms with van der Waals surface area (Å²) in [4.78, 5) is 12.0. The zero-order valence-electron chi connectivity index (χ0n) is 25.8. The number of rotatable bonds is 8. The number of carbonyl (C=O) groups is 1. The third-order valence-electron chi connectivity index (χ3n) is 11.5. The summed E-state index contributed by atoms with van der Waals surface area (Å²) in [5.74, 6) is 4.27. The van der Waals surface area contributed by atoms with E-state index in [1.54, 1.807) is 0 Å². The molecule has 0 aromatic carbocycles. The molecule has 10 atom stereocenters. The third kappa shape index (κ3) is 5.97. The normalized spacial score (nSPS) is 42.9. The van der Waals surface area contributed by atoms with Gasteiger partial charge >= 0.3 is 5.97 Å². The van der Waals surface area contributed by atoms with Crippen LogP contribution in [-0.2, 0) is 18.4 Å². The van der Waals surface area contributed by atoms with Crippen molar-refractivity contribution in [1.82, 2.24) is 0 Å². The van der Waals surface area contributed by atoms with Gasteiger partial charge in [-0.25, -0.2) is 0 Å². The molecule has 4 fully saturated rings. The van der Waals surface area contributed by atoms with Gasteiger partial charge in [-0.2, -0.15) is 0 Å². The van der Waals surface area contributed by atoms with Crippen LogP contribution in [0.1, 0.15) is 85.0 Å². The van der Waals surface area contributed by atoms with Gasteiger partial charge in [-0.3, -0.25) is 4.79 Å². The first kappa shape index (κ1) is 29.8. The lowest BCUT2D eigenvalue weighted by molar-refractivity contribution is -0.169. The van der Waals surface area contributed by atoms with Crippen LogP contribution in [0.5, 0.6) is 0 Å². The van der Waals surface area contributed by atoms with Crippen molar-refractivity contribution in [1.29, 1.82) is 0 Å². The standard InChI is InChI=1S/C31H58O4Si2/c1-21(11-16-29(32)33-4)25-14-15-26-24-13-12-22-19-23(34-36(5,6)7)17-18-30(22,2)27(24)20-28(31(25,26)3)35-37(8,9)10/h21-28H,11-20H2,1-10H3/t21-,22-,23+,24?,25-,26?,27?,28+,30+,31-/m1/s1. The van der Waals surface area contributed by atoms with E-state index >= 15 is 0 Å². The predicted octanol–water partition coefficient (Wildman–Crippen LogP) is 8.28. The van der Waals surface area contributed by atoms with Gasteiger partial charge in [0.15, 0.2) is 16.6 Å². The Bertz CT molecular complexity index is 819. The highest BCUT2D eigenvalue weighted by atomic mass is 28.4. The fraction of sp³-hybridized carbons (Fsp3) is 0.968. The number of carbonyl (C=O) groups excluding carboxylic acids is 1. The monoisotopic (exact) mass is 550 g/mol. The van der Waals surface area contributed by atoms with Gasteiger partial charge in [-0.1, -0.05) is 20.8 Å². The lowest BCUT2D eigenvalue weighted by Crippen LogP contribution is -2.60. The number of fused-ring (bicyclic) bond motifs is 5. The Kier molecular flexibility index (Phi) is 8.59. The third-order valence-corrected chi connectivity index (χ3v) is 13.5. The minimum Gasteiger partial charge on any atom is -0.469 e. The maximum atomic E-state index is 12.0. The maximum Gasteiger partial charge on any atom is 0.305 e. The van der Waals surface area contributed by atoms with E-state index in [0.717, 1.165) is 30.1 Å². The number of methoxy groups -OCH3 is 1. The van der Waals surface area contributed by atoms with Crippen LogP contribution in [-0.4, -0.2) is 41.9 Å². The van der Waals surface area contributed by atoms with Crippen molar-refractivity contribution in [3.63, 3.8) is 0 Å². The molecule has 4 aliphatic carbocycles. The summed E-state index contributed by atoms with van der Waals surface area (Å²) in [6.45, 7) is 21.9. The molecule has 3 unspecified atom stereocenters. The van der Waals surface area contributed by atoms with Crippen molar-refractivity contribution in [3.8, 4) is 0 Å². The van der Waals surface area contributed by atoms with Gasteiger partial charge in [0.2, 0.25) is 0 Å². The molecule has 0 saturated heterocycles. The molecule has 214 valence electrons. The molecule has 37 heavy (non-hydrogen) atoms. The van der Waals surface area contributed by atoms with Gasteiger partial charge in [0, 0.05) is 12.5 Å². The van der Waals surface area contributed by atoms with Crippen molar-refractivity contribution in [3.05, 3.63) is 0 Å². The molecular weight excluding hydrogens is 493 g/mol. The molecule has 0 N–H and O–H groups in total. The minimum atomic E-state index is -1.71. The lowest BCUT2D eigenvalue weighted by atomic mass is 9.43. The smallest absolute Gasteiger partial charge is 0.305 e. The number of esters is 1. The lowest BCUT2D eigenvalue weighted by Gasteiger charge is -2.64. The van der Waals surface area contributed by atoms with Crippen LogP contribution in [0.4, 0.5) is 0 Å². The SMILES string of the molecule is COC(=O)CC[C@@H](C)[C@H]1CCC2C3CC[C@@H]4C[C@@H](O[Si](C)(C)C)CC[C@]4(C)C3C[C@H](O[Si](C)(C)C)[C@@]21C. The van der Waals surface area contributed by atoms with Gasteiger partial charge in [-0.15, -0.1) is 0 Å². The molecule has 4 aliphatic rings. The molecule has 4 rings (SSSR count). The summed E-state index contributed by atoms with van der Waals surface area (Å²) in [5.41, 5.74) is 0.650. The van der Waals surface area contributed by atoms with Crippen LogP contribution in [0, 0.1) is 46.3 Å². The molecule has 0 radical (unpaired) electrons. The second kappa shape index (κ2) is 10.7. The number of ether oxygens (including phenoxy) is 1. The van der Waals surface area contributed by atoms with E-state index in [0.29, 0.717) is 35.9 Å². The first-order valence-corrected chi connectivity index (χ1v) is 22.3.